The van der Waals surface area contributed by atoms with Crippen molar-refractivity contribution in [1.29, 1.82) is 0 Å². The molecule has 2 aromatic heterocycles. The maximum absolute atomic E-state index is 13.9. The molecule has 2 aliphatic heterocycles. The topological polar surface area (TPSA) is 184 Å². The number of hydrogen-bond acceptors (Lipinski definition) is 9. The number of aromatic amines is 2. The number of hydrogen-bond donors (Lipinski definition) is 4. The van der Waals surface area contributed by atoms with Crippen LogP contribution in [0.15, 0.2) is 103 Å². The molecule has 8 rings (SSSR count). The maximum Gasteiger partial charge on any atom is 0.407 e. The molecule has 4 unspecified atom stereocenters. The van der Waals surface area contributed by atoms with E-state index in [1.807, 2.05) is 30.3 Å². The Kier molecular flexibility index (Phi) is 12.1. The molecule has 6 aromatic rings. The average Bonchev–Trinajstić information content (AvgIpc) is 4.15. The zero-order valence-corrected chi connectivity index (χ0v) is 34.2. The minimum atomic E-state index is -0.882. The van der Waals surface area contributed by atoms with Crippen molar-refractivity contribution >= 4 is 34.8 Å². The molecule has 15 nitrogen and oxygen atoms in total. The Hall–Kier alpha value is -7.00. The predicted octanol–water partition coefficient (Wildman–Crippen LogP) is 7.08. The number of carbonyl (C=O) groups excluding carboxylic acids is 4. The number of nitrogens with zero attached hydrogens (tertiary/aromatic N) is 4. The third-order valence-electron chi connectivity index (χ3n) is 11.5. The Morgan fingerprint density at radius 2 is 1.18 bits per heavy atom. The largest absolute Gasteiger partial charge is 0.453 e. The van der Waals surface area contributed by atoms with E-state index in [0.29, 0.717) is 30.3 Å². The van der Waals surface area contributed by atoms with Crippen molar-refractivity contribution in [2.75, 3.05) is 41.0 Å². The molecule has 4 aromatic carbocycles. The molecule has 314 valence electrons. The van der Waals surface area contributed by atoms with E-state index in [1.54, 1.807) is 22.2 Å². The first kappa shape index (κ1) is 40.8. The quantitative estimate of drug-likeness (QED) is 0.100. The van der Waals surface area contributed by atoms with Crippen molar-refractivity contribution in [2.24, 2.45) is 0 Å². The number of amides is 4. The van der Waals surface area contributed by atoms with Gasteiger partial charge in [-0.2, -0.15) is 0 Å². The highest BCUT2D eigenvalue weighted by atomic mass is 16.5. The van der Waals surface area contributed by atoms with Crippen molar-refractivity contribution in [1.82, 2.24) is 40.4 Å². The van der Waals surface area contributed by atoms with E-state index < -0.39 is 24.3 Å². The number of ether oxygens (including phenoxy) is 3. The van der Waals surface area contributed by atoms with Gasteiger partial charge in [-0.3, -0.25) is 9.59 Å². The lowest BCUT2D eigenvalue weighted by Crippen LogP contribution is -2.50. The summed E-state index contributed by atoms with van der Waals surface area (Å²) in [6.07, 6.45) is 5.36. The maximum atomic E-state index is 13.9. The molecule has 2 aliphatic rings. The van der Waals surface area contributed by atoms with Crippen LogP contribution in [0.2, 0.25) is 0 Å². The molecule has 61 heavy (non-hydrogen) atoms. The molecule has 15 heteroatoms. The number of aromatic nitrogens is 4. The molecule has 4 N–H and O–H groups in total. The van der Waals surface area contributed by atoms with Gasteiger partial charge < -0.3 is 44.6 Å². The van der Waals surface area contributed by atoms with E-state index in [0.717, 1.165) is 70.1 Å². The summed E-state index contributed by atoms with van der Waals surface area (Å²) in [5.41, 5.74) is 6.45. The number of alkyl carbamates (subject to hydrolysis) is 2. The van der Waals surface area contributed by atoms with Crippen LogP contribution >= 0.6 is 0 Å². The minimum Gasteiger partial charge on any atom is -0.453 e. The third-order valence-corrected chi connectivity index (χ3v) is 11.5. The first-order valence-corrected chi connectivity index (χ1v) is 20.3. The molecule has 2 saturated heterocycles. The fraction of sp³-hybridized carbons (Fsp3) is 0.304. The van der Waals surface area contributed by atoms with Crippen molar-refractivity contribution in [3.8, 4) is 33.6 Å². The van der Waals surface area contributed by atoms with Gasteiger partial charge in [0.1, 0.15) is 23.7 Å². The second-order valence-corrected chi connectivity index (χ2v) is 15.2. The van der Waals surface area contributed by atoms with Crippen LogP contribution in [0.25, 0.3) is 44.4 Å². The molecule has 4 amide bonds. The summed E-state index contributed by atoms with van der Waals surface area (Å²) in [4.78, 5) is 71.4. The summed E-state index contributed by atoms with van der Waals surface area (Å²) in [5, 5.41) is 7.45. The zero-order valence-electron chi connectivity index (χ0n) is 34.2. The molecule has 4 heterocycles. The summed E-state index contributed by atoms with van der Waals surface area (Å²) in [7, 11) is 4.02. The number of methoxy groups -OCH3 is 3. The van der Waals surface area contributed by atoms with Gasteiger partial charge in [0, 0.05) is 25.8 Å². The van der Waals surface area contributed by atoms with Crippen molar-refractivity contribution in [3.63, 3.8) is 0 Å². The highest BCUT2D eigenvalue weighted by molar-refractivity contribution is 5.91. The summed E-state index contributed by atoms with van der Waals surface area (Å²) in [6, 6.07) is 27.9. The molecular formula is C46H48N8O7. The molecule has 0 spiro atoms. The van der Waals surface area contributed by atoms with Crippen molar-refractivity contribution < 1.29 is 33.4 Å². The Balaban J connectivity index is 0.940. The van der Waals surface area contributed by atoms with Crippen LogP contribution in [0, 0.1) is 0 Å². The minimum absolute atomic E-state index is 0.0274. The van der Waals surface area contributed by atoms with E-state index in [9.17, 15) is 19.2 Å². The Labute approximate surface area is 352 Å². The van der Waals surface area contributed by atoms with E-state index in [1.165, 1.54) is 21.3 Å². The highest BCUT2D eigenvalue weighted by Crippen LogP contribution is 2.36. The molecule has 2 fully saturated rings. The molecular weight excluding hydrogens is 777 g/mol. The SMILES string of the molecule is COCC(NC(=O)OC)C(=O)N1CCCC1c1ncc(-c2ccc3cc(-c4ccc(-c5cnc(C6CCCN6C(=O)C(NC(=O)OC)c6ccccc6)[nH]5)cc4)ccc3c2)[nH]1. The van der Waals surface area contributed by atoms with Gasteiger partial charge in [-0.15, -0.1) is 0 Å². The van der Waals surface area contributed by atoms with Crippen LogP contribution in [-0.4, -0.2) is 101 Å². The van der Waals surface area contributed by atoms with Gasteiger partial charge in [-0.1, -0.05) is 78.9 Å². The Morgan fingerprint density at radius 1 is 0.656 bits per heavy atom. The smallest absolute Gasteiger partial charge is 0.407 e. The van der Waals surface area contributed by atoms with Crippen LogP contribution in [0.1, 0.15) is 61.0 Å². The van der Waals surface area contributed by atoms with Gasteiger partial charge in [-0.25, -0.2) is 19.6 Å². The van der Waals surface area contributed by atoms with Gasteiger partial charge in [0.25, 0.3) is 5.91 Å². The van der Waals surface area contributed by atoms with E-state index in [-0.39, 0.29) is 30.5 Å². The number of H-pyrrole nitrogens is 2. The molecule has 0 radical (unpaired) electrons. The number of imidazole rings is 2. The fourth-order valence-corrected chi connectivity index (χ4v) is 8.39. The number of fused-ring (bicyclic) bond motifs is 1. The van der Waals surface area contributed by atoms with Gasteiger partial charge in [-0.05, 0) is 70.8 Å². The van der Waals surface area contributed by atoms with Gasteiger partial charge in [0.05, 0.1) is 56.7 Å². The van der Waals surface area contributed by atoms with Gasteiger partial charge in [0.2, 0.25) is 5.91 Å². The Morgan fingerprint density at radius 3 is 1.79 bits per heavy atom. The van der Waals surface area contributed by atoms with E-state index >= 15 is 0 Å². The first-order valence-electron chi connectivity index (χ1n) is 20.3. The number of benzene rings is 4. The number of nitrogens with one attached hydrogen (secondary N) is 4. The third kappa shape index (κ3) is 8.68. The molecule has 0 saturated carbocycles. The second kappa shape index (κ2) is 18.1. The standard InChI is InChI=1S/C46H48N8O7/c1-59-27-37(51-45(57)60-2)43(55)53-21-7-11-38(53)41-48-26-36(50-41)34-20-19-32-23-31(17-18-33(32)24-34)28-13-15-29(16-14-28)35-25-47-42(49-35)39-12-8-22-54(39)44(56)40(52-46(58)61-3)30-9-5-4-6-10-30/h4-6,9-10,13-20,23-26,37-40H,7-8,11-12,21-22,27H2,1-3H3,(H,47,49)(H,48,50)(H,51,57)(H,52,58). The highest BCUT2D eigenvalue weighted by Gasteiger charge is 2.38. The van der Waals surface area contributed by atoms with E-state index in [2.05, 4.69) is 86.2 Å². The lowest BCUT2D eigenvalue weighted by molar-refractivity contribution is -0.136. The number of rotatable bonds is 12. The predicted molar refractivity (Wildman–Crippen MR) is 228 cm³/mol. The molecule has 0 bridgehead atoms. The zero-order chi connectivity index (χ0) is 42.5. The summed E-state index contributed by atoms with van der Waals surface area (Å²) >= 11 is 0. The number of likely N-dealkylation sites (tertiary alicyclic amines) is 2. The van der Waals surface area contributed by atoms with Gasteiger partial charge >= 0.3 is 12.2 Å². The van der Waals surface area contributed by atoms with Crippen LogP contribution in [0.4, 0.5) is 9.59 Å². The lowest BCUT2D eigenvalue weighted by atomic mass is 9.98. The first-order chi connectivity index (χ1) is 29.7. The van der Waals surface area contributed by atoms with Crippen LogP contribution in [-0.2, 0) is 23.8 Å². The van der Waals surface area contributed by atoms with Crippen LogP contribution in [0.3, 0.4) is 0 Å². The van der Waals surface area contributed by atoms with Crippen molar-refractivity contribution in [2.45, 2.75) is 49.9 Å². The lowest BCUT2D eigenvalue weighted by Gasteiger charge is -2.28. The van der Waals surface area contributed by atoms with Crippen LogP contribution < -0.4 is 10.6 Å². The fourth-order valence-electron chi connectivity index (χ4n) is 8.39. The summed E-state index contributed by atoms with van der Waals surface area (Å²) in [5.74, 6) is 0.935. The average molecular weight is 825 g/mol. The normalized spacial score (nSPS) is 17.2. The molecule has 4 atom stereocenters. The summed E-state index contributed by atoms with van der Waals surface area (Å²) in [6.45, 7) is 1.13. The summed E-state index contributed by atoms with van der Waals surface area (Å²) < 4.78 is 14.7. The van der Waals surface area contributed by atoms with Crippen LogP contribution in [0.5, 0.6) is 0 Å². The molecule has 0 aliphatic carbocycles. The Bertz CT molecular complexity index is 2520. The second-order valence-electron chi connectivity index (χ2n) is 15.2. The number of carbonyl (C=O) groups is 4. The van der Waals surface area contributed by atoms with E-state index in [4.69, 9.17) is 19.2 Å². The van der Waals surface area contributed by atoms with Crippen molar-refractivity contribution in [3.05, 3.63) is 121 Å². The monoisotopic (exact) mass is 824 g/mol. The van der Waals surface area contributed by atoms with Gasteiger partial charge in [0.15, 0.2) is 0 Å².